The fraction of sp³-hybridized carbons (Fsp3) is 1.00. The SMILES string of the molecule is CC(OCC1CC2CCC1C2)C1(C)CCCCC1. The van der Waals surface area contributed by atoms with Crippen LogP contribution in [0.3, 0.4) is 0 Å². The second-order valence-corrected chi connectivity index (χ2v) is 7.63. The van der Waals surface area contributed by atoms with Crippen molar-refractivity contribution >= 4 is 0 Å². The lowest BCUT2D eigenvalue weighted by Crippen LogP contribution is -2.35. The van der Waals surface area contributed by atoms with Crippen LogP contribution in [0.4, 0.5) is 0 Å². The molecule has 3 aliphatic rings. The van der Waals surface area contributed by atoms with Gasteiger partial charge in [0.05, 0.1) is 12.7 Å². The molecule has 1 heteroatoms. The van der Waals surface area contributed by atoms with E-state index in [0.717, 1.165) is 24.4 Å². The Morgan fingerprint density at radius 3 is 2.50 bits per heavy atom. The van der Waals surface area contributed by atoms with Crippen LogP contribution >= 0.6 is 0 Å². The Morgan fingerprint density at radius 1 is 1.11 bits per heavy atom. The summed E-state index contributed by atoms with van der Waals surface area (Å²) >= 11 is 0. The summed E-state index contributed by atoms with van der Waals surface area (Å²) in [6, 6.07) is 0. The summed E-state index contributed by atoms with van der Waals surface area (Å²) in [5.74, 6) is 2.98. The molecule has 2 bridgehead atoms. The van der Waals surface area contributed by atoms with Crippen LogP contribution in [-0.2, 0) is 4.74 Å². The largest absolute Gasteiger partial charge is 0.378 e. The van der Waals surface area contributed by atoms with Gasteiger partial charge in [0.1, 0.15) is 0 Å². The predicted octanol–water partition coefficient (Wildman–Crippen LogP) is 4.80. The van der Waals surface area contributed by atoms with E-state index in [1.54, 1.807) is 0 Å². The maximum Gasteiger partial charge on any atom is 0.0600 e. The minimum Gasteiger partial charge on any atom is -0.378 e. The van der Waals surface area contributed by atoms with Gasteiger partial charge in [-0.25, -0.2) is 0 Å². The quantitative estimate of drug-likeness (QED) is 0.696. The van der Waals surface area contributed by atoms with Gasteiger partial charge in [-0.3, -0.25) is 0 Å². The molecular weight excluding hydrogens is 220 g/mol. The predicted molar refractivity (Wildman–Crippen MR) is 75.5 cm³/mol. The van der Waals surface area contributed by atoms with Gasteiger partial charge in [-0.2, -0.15) is 0 Å². The maximum absolute atomic E-state index is 6.32. The van der Waals surface area contributed by atoms with Crippen LogP contribution in [0.15, 0.2) is 0 Å². The third-order valence-electron chi connectivity index (χ3n) is 6.42. The molecule has 0 amide bonds. The van der Waals surface area contributed by atoms with Crippen LogP contribution in [-0.4, -0.2) is 12.7 Å². The second kappa shape index (κ2) is 5.15. The van der Waals surface area contributed by atoms with E-state index in [1.165, 1.54) is 57.8 Å². The zero-order chi connectivity index (χ0) is 12.6. The highest BCUT2D eigenvalue weighted by Crippen LogP contribution is 2.49. The molecule has 1 nitrogen and oxygen atoms in total. The Kier molecular flexibility index (Phi) is 3.71. The minimum atomic E-state index is 0.468. The molecule has 4 unspecified atom stereocenters. The molecule has 4 atom stereocenters. The van der Waals surface area contributed by atoms with Gasteiger partial charge in [0, 0.05) is 0 Å². The van der Waals surface area contributed by atoms with Crippen molar-refractivity contribution in [3.05, 3.63) is 0 Å². The zero-order valence-electron chi connectivity index (χ0n) is 12.3. The third kappa shape index (κ3) is 2.48. The molecule has 0 aliphatic heterocycles. The van der Waals surface area contributed by atoms with Gasteiger partial charge >= 0.3 is 0 Å². The summed E-state index contributed by atoms with van der Waals surface area (Å²) in [5, 5.41) is 0. The van der Waals surface area contributed by atoms with Crippen LogP contribution in [0, 0.1) is 23.2 Å². The molecule has 0 aromatic carbocycles. The van der Waals surface area contributed by atoms with Gasteiger partial charge in [0.2, 0.25) is 0 Å². The molecule has 0 aromatic rings. The first kappa shape index (κ1) is 13.0. The highest BCUT2D eigenvalue weighted by Gasteiger charge is 2.40. The van der Waals surface area contributed by atoms with Gasteiger partial charge < -0.3 is 4.74 Å². The number of hydrogen-bond donors (Lipinski definition) is 0. The Hall–Kier alpha value is -0.0400. The average molecular weight is 250 g/mol. The first-order valence-electron chi connectivity index (χ1n) is 8.29. The van der Waals surface area contributed by atoms with Crippen molar-refractivity contribution in [2.24, 2.45) is 23.2 Å². The average Bonchev–Trinajstić information content (AvgIpc) is 2.99. The summed E-state index contributed by atoms with van der Waals surface area (Å²) in [5.41, 5.74) is 0.468. The van der Waals surface area contributed by atoms with Gasteiger partial charge in [0.25, 0.3) is 0 Å². The summed E-state index contributed by atoms with van der Waals surface area (Å²) in [6.07, 6.45) is 13.5. The summed E-state index contributed by atoms with van der Waals surface area (Å²) in [6.45, 7) is 5.84. The molecule has 3 rings (SSSR count). The molecule has 0 heterocycles. The van der Waals surface area contributed by atoms with Crippen molar-refractivity contribution in [2.45, 2.75) is 77.7 Å². The van der Waals surface area contributed by atoms with Crippen LogP contribution in [0.25, 0.3) is 0 Å². The van der Waals surface area contributed by atoms with Gasteiger partial charge in [-0.1, -0.05) is 32.6 Å². The lowest BCUT2D eigenvalue weighted by atomic mass is 9.72. The Bertz CT molecular complexity index is 279. The van der Waals surface area contributed by atoms with E-state index in [9.17, 15) is 0 Å². The number of fused-ring (bicyclic) bond motifs is 2. The second-order valence-electron chi connectivity index (χ2n) is 7.63. The number of rotatable bonds is 4. The fourth-order valence-corrected chi connectivity index (χ4v) is 4.82. The zero-order valence-corrected chi connectivity index (χ0v) is 12.3. The van der Waals surface area contributed by atoms with E-state index in [2.05, 4.69) is 13.8 Å². The monoisotopic (exact) mass is 250 g/mol. The standard InChI is InChI=1S/C17H30O/c1-13(17(2)8-4-3-5-9-17)18-12-16-11-14-6-7-15(16)10-14/h13-16H,3-12H2,1-2H3. The molecule has 3 aliphatic carbocycles. The molecule has 3 fully saturated rings. The highest BCUT2D eigenvalue weighted by molar-refractivity contribution is 4.90. The van der Waals surface area contributed by atoms with Crippen molar-refractivity contribution < 1.29 is 4.74 Å². The summed E-state index contributed by atoms with van der Waals surface area (Å²) in [4.78, 5) is 0. The number of ether oxygens (including phenoxy) is 1. The molecule has 0 spiro atoms. The van der Waals surface area contributed by atoms with E-state index in [1.807, 2.05) is 0 Å². The third-order valence-corrected chi connectivity index (χ3v) is 6.42. The topological polar surface area (TPSA) is 9.23 Å². The Labute approximate surface area is 113 Å². The maximum atomic E-state index is 6.32. The normalized spacial score (nSPS) is 40.0. The van der Waals surface area contributed by atoms with E-state index in [0.29, 0.717) is 11.5 Å². The van der Waals surface area contributed by atoms with Crippen LogP contribution in [0.2, 0.25) is 0 Å². The van der Waals surface area contributed by atoms with Crippen molar-refractivity contribution in [2.75, 3.05) is 6.61 Å². The van der Waals surface area contributed by atoms with Gasteiger partial charge in [-0.05, 0) is 62.2 Å². The minimum absolute atomic E-state index is 0.468. The molecule has 104 valence electrons. The lowest BCUT2D eigenvalue weighted by Gasteiger charge is -2.39. The fourth-order valence-electron chi connectivity index (χ4n) is 4.82. The Morgan fingerprint density at radius 2 is 1.89 bits per heavy atom. The van der Waals surface area contributed by atoms with Crippen LogP contribution in [0.1, 0.15) is 71.6 Å². The van der Waals surface area contributed by atoms with Gasteiger partial charge in [-0.15, -0.1) is 0 Å². The summed E-state index contributed by atoms with van der Waals surface area (Å²) in [7, 11) is 0. The highest BCUT2D eigenvalue weighted by atomic mass is 16.5. The van der Waals surface area contributed by atoms with Crippen LogP contribution < -0.4 is 0 Å². The molecule has 18 heavy (non-hydrogen) atoms. The van der Waals surface area contributed by atoms with Crippen LogP contribution in [0.5, 0.6) is 0 Å². The molecular formula is C17H30O. The van der Waals surface area contributed by atoms with E-state index in [-0.39, 0.29) is 0 Å². The molecule has 0 aromatic heterocycles. The molecule has 3 saturated carbocycles. The van der Waals surface area contributed by atoms with E-state index in [4.69, 9.17) is 4.74 Å². The smallest absolute Gasteiger partial charge is 0.0600 e. The van der Waals surface area contributed by atoms with Crippen molar-refractivity contribution in [3.63, 3.8) is 0 Å². The molecule has 0 N–H and O–H groups in total. The Balaban J connectivity index is 1.47. The van der Waals surface area contributed by atoms with E-state index >= 15 is 0 Å². The van der Waals surface area contributed by atoms with E-state index < -0.39 is 0 Å². The number of hydrogen-bond acceptors (Lipinski definition) is 1. The first-order valence-corrected chi connectivity index (χ1v) is 8.29. The van der Waals surface area contributed by atoms with Crippen molar-refractivity contribution in [3.8, 4) is 0 Å². The van der Waals surface area contributed by atoms with Gasteiger partial charge in [0.15, 0.2) is 0 Å². The first-order chi connectivity index (χ1) is 8.67. The lowest BCUT2D eigenvalue weighted by molar-refractivity contribution is -0.0574. The summed E-state index contributed by atoms with van der Waals surface area (Å²) < 4.78 is 6.32. The molecule has 0 radical (unpaired) electrons. The van der Waals surface area contributed by atoms with Crippen molar-refractivity contribution in [1.29, 1.82) is 0 Å². The molecule has 0 saturated heterocycles. The van der Waals surface area contributed by atoms with Crippen molar-refractivity contribution in [1.82, 2.24) is 0 Å².